The molecule has 1 rings (SSSR count). The zero-order valence-electron chi connectivity index (χ0n) is 10.8. The van der Waals surface area contributed by atoms with Crippen LogP contribution < -0.4 is 4.74 Å². The van der Waals surface area contributed by atoms with Crippen LogP contribution in [0.15, 0.2) is 24.3 Å². The van der Waals surface area contributed by atoms with E-state index in [9.17, 15) is 5.11 Å². The van der Waals surface area contributed by atoms with Gasteiger partial charge in [0.1, 0.15) is 11.5 Å². The van der Waals surface area contributed by atoms with Crippen LogP contribution in [-0.4, -0.2) is 11.7 Å². The maximum Gasteiger partial charge on any atom is 0.122 e. The van der Waals surface area contributed by atoms with Gasteiger partial charge in [0, 0.05) is 6.07 Å². The first-order chi connectivity index (χ1) is 8.33. The Morgan fingerprint density at radius 1 is 1.00 bits per heavy atom. The molecule has 0 fully saturated rings. The minimum absolute atomic E-state index is 0.266. The number of ether oxygens (including phenoxy) is 1. The summed E-state index contributed by atoms with van der Waals surface area (Å²) < 4.78 is 5.55. The molecule has 0 aliphatic heterocycles. The number of phenolic OH excluding ortho intramolecular Hbond substituents is 1. The highest BCUT2D eigenvalue weighted by Gasteiger charge is 1.95. The Morgan fingerprint density at radius 3 is 2.41 bits per heavy atom. The Hall–Kier alpha value is -1.18. The summed E-state index contributed by atoms with van der Waals surface area (Å²) in [6.07, 6.45) is 9.03. The van der Waals surface area contributed by atoms with Crippen LogP contribution in [0.1, 0.15) is 51.9 Å². The van der Waals surface area contributed by atoms with E-state index in [0.29, 0.717) is 0 Å². The summed E-state index contributed by atoms with van der Waals surface area (Å²) in [4.78, 5) is 0. The third kappa shape index (κ3) is 6.88. The average Bonchev–Trinajstić information content (AvgIpc) is 2.33. The van der Waals surface area contributed by atoms with Gasteiger partial charge in [0.15, 0.2) is 0 Å². The van der Waals surface area contributed by atoms with Crippen molar-refractivity contribution in [2.24, 2.45) is 0 Å². The zero-order chi connectivity index (χ0) is 12.3. The van der Waals surface area contributed by atoms with Crippen LogP contribution in [0.25, 0.3) is 0 Å². The normalized spacial score (nSPS) is 10.4. The zero-order valence-corrected chi connectivity index (χ0v) is 10.8. The van der Waals surface area contributed by atoms with Gasteiger partial charge in [0.05, 0.1) is 6.61 Å². The largest absolute Gasteiger partial charge is 0.508 e. The molecular formula is C15H24O2. The average molecular weight is 236 g/mol. The highest BCUT2D eigenvalue weighted by molar-refractivity contribution is 5.31. The molecular weight excluding hydrogens is 212 g/mol. The van der Waals surface area contributed by atoms with Gasteiger partial charge in [0.2, 0.25) is 0 Å². The molecule has 17 heavy (non-hydrogen) atoms. The van der Waals surface area contributed by atoms with Crippen LogP contribution >= 0.6 is 0 Å². The number of hydrogen-bond acceptors (Lipinski definition) is 2. The van der Waals surface area contributed by atoms with Crippen molar-refractivity contribution in [3.63, 3.8) is 0 Å². The number of hydrogen-bond donors (Lipinski definition) is 1. The van der Waals surface area contributed by atoms with Crippen LogP contribution in [0, 0.1) is 0 Å². The predicted molar refractivity (Wildman–Crippen MR) is 71.6 cm³/mol. The van der Waals surface area contributed by atoms with Crippen LogP contribution in [0.5, 0.6) is 11.5 Å². The van der Waals surface area contributed by atoms with Crippen molar-refractivity contribution >= 4 is 0 Å². The molecule has 0 saturated heterocycles. The summed E-state index contributed by atoms with van der Waals surface area (Å²) in [5.41, 5.74) is 0. The molecule has 0 unspecified atom stereocenters. The second-order valence-corrected chi connectivity index (χ2v) is 4.47. The molecule has 1 N–H and O–H groups in total. The Labute approximate surface area is 105 Å². The van der Waals surface area contributed by atoms with E-state index in [2.05, 4.69) is 6.92 Å². The number of benzene rings is 1. The lowest BCUT2D eigenvalue weighted by Gasteiger charge is -2.06. The summed E-state index contributed by atoms with van der Waals surface area (Å²) in [6.45, 7) is 2.99. The summed E-state index contributed by atoms with van der Waals surface area (Å²) in [5.74, 6) is 1.03. The lowest BCUT2D eigenvalue weighted by molar-refractivity contribution is 0.302. The molecule has 0 aliphatic carbocycles. The lowest BCUT2D eigenvalue weighted by Crippen LogP contribution is -1.96. The molecule has 0 heterocycles. The fourth-order valence-electron chi connectivity index (χ4n) is 1.82. The van der Waals surface area contributed by atoms with E-state index in [1.807, 2.05) is 6.07 Å². The fraction of sp³-hybridized carbons (Fsp3) is 0.600. The van der Waals surface area contributed by atoms with Gasteiger partial charge in [-0.1, -0.05) is 51.5 Å². The van der Waals surface area contributed by atoms with E-state index in [0.717, 1.165) is 18.8 Å². The van der Waals surface area contributed by atoms with E-state index in [4.69, 9.17) is 4.74 Å². The molecule has 0 saturated carbocycles. The Bertz CT molecular complexity index is 297. The number of rotatable bonds is 9. The first-order valence-corrected chi connectivity index (χ1v) is 6.74. The molecule has 0 radical (unpaired) electrons. The topological polar surface area (TPSA) is 29.5 Å². The van der Waals surface area contributed by atoms with Gasteiger partial charge >= 0.3 is 0 Å². The molecule has 2 nitrogen and oxygen atoms in total. The van der Waals surface area contributed by atoms with E-state index in [1.54, 1.807) is 18.2 Å². The smallest absolute Gasteiger partial charge is 0.122 e. The maximum atomic E-state index is 9.26. The Balaban J connectivity index is 1.97. The van der Waals surface area contributed by atoms with Crippen molar-refractivity contribution in [2.75, 3.05) is 6.61 Å². The molecule has 1 aromatic carbocycles. The van der Waals surface area contributed by atoms with E-state index in [-0.39, 0.29) is 5.75 Å². The molecule has 0 aromatic heterocycles. The SMILES string of the molecule is CCCCCCCCCOc1cccc(O)c1. The molecule has 0 aliphatic rings. The van der Waals surface area contributed by atoms with Crippen molar-refractivity contribution in [3.05, 3.63) is 24.3 Å². The summed E-state index contributed by atoms with van der Waals surface area (Å²) >= 11 is 0. The molecule has 96 valence electrons. The van der Waals surface area contributed by atoms with Gasteiger partial charge in [-0.3, -0.25) is 0 Å². The van der Waals surface area contributed by atoms with Gasteiger partial charge in [-0.25, -0.2) is 0 Å². The Morgan fingerprint density at radius 2 is 1.71 bits per heavy atom. The second-order valence-electron chi connectivity index (χ2n) is 4.47. The van der Waals surface area contributed by atoms with Crippen molar-refractivity contribution in [1.82, 2.24) is 0 Å². The number of aromatic hydroxyl groups is 1. The summed E-state index contributed by atoms with van der Waals surface area (Å²) in [5, 5.41) is 9.26. The lowest BCUT2D eigenvalue weighted by atomic mass is 10.1. The summed E-state index contributed by atoms with van der Waals surface area (Å²) in [6, 6.07) is 6.98. The van der Waals surface area contributed by atoms with Crippen molar-refractivity contribution in [2.45, 2.75) is 51.9 Å². The van der Waals surface area contributed by atoms with Gasteiger partial charge in [-0.05, 0) is 18.6 Å². The maximum absolute atomic E-state index is 9.26. The fourth-order valence-corrected chi connectivity index (χ4v) is 1.82. The third-order valence-corrected chi connectivity index (χ3v) is 2.83. The molecule has 0 atom stereocenters. The quantitative estimate of drug-likeness (QED) is 0.639. The van der Waals surface area contributed by atoms with Crippen molar-refractivity contribution < 1.29 is 9.84 Å². The highest BCUT2D eigenvalue weighted by Crippen LogP contribution is 2.18. The number of phenols is 1. The standard InChI is InChI=1S/C15H24O2/c1-2-3-4-5-6-7-8-12-17-15-11-9-10-14(16)13-15/h9-11,13,16H,2-8,12H2,1H3. The molecule has 0 amide bonds. The van der Waals surface area contributed by atoms with Crippen molar-refractivity contribution in [3.8, 4) is 11.5 Å². The van der Waals surface area contributed by atoms with E-state index >= 15 is 0 Å². The number of unbranched alkanes of at least 4 members (excludes halogenated alkanes) is 6. The predicted octanol–water partition coefficient (Wildman–Crippen LogP) is 4.52. The minimum atomic E-state index is 0.266. The minimum Gasteiger partial charge on any atom is -0.508 e. The first kappa shape index (κ1) is 13.9. The van der Waals surface area contributed by atoms with Crippen molar-refractivity contribution in [1.29, 1.82) is 0 Å². The van der Waals surface area contributed by atoms with E-state index < -0.39 is 0 Å². The van der Waals surface area contributed by atoms with Gasteiger partial charge in [-0.15, -0.1) is 0 Å². The van der Waals surface area contributed by atoms with Gasteiger partial charge < -0.3 is 9.84 Å². The Kier molecular flexibility index (Phi) is 7.28. The van der Waals surface area contributed by atoms with E-state index in [1.165, 1.54) is 38.5 Å². The van der Waals surface area contributed by atoms with Crippen LogP contribution in [-0.2, 0) is 0 Å². The highest BCUT2D eigenvalue weighted by atomic mass is 16.5. The van der Waals surface area contributed by atoms with Crippen LogP contribution in [0.3, 0.4) is 0 Å². The molecule has 2 heteroatoms. The first-order valence-electron chi connectivity index (χ1n) is 6.74. The monoisotopic (exact) mass is 236 g/mol. The van der Waals surface area contributed by atoms with Gasteiger partial charge in [-0.2, -0.15) is 0 Å². The second kappa shape index (κ2) is 8.91. The van der Waals surface area contributed by atoms with Crippen LogP contribution in [0.4, 0.5) is 0 Å². The molecule has 1 aromatic rings. The van der Waals surface area contributed by atoms with Gasteiger partial charge in [0.25, 0.3) is 0 Å². The molecule has 0 spiro atoms. The summed E-state index contributed by atoms with van der Waals surface area (Å²) in [7, 11) is 0. The van der Waals surface area contributed by atoms with Crippen LogP contribution in [0.2, 0.25) is 0 Å². The third-order valence-electron chi connectivity index (χ3n) is 2.83. The molecule has 0 bridgehead atoms.